The maximum absolute atomic E-state index is 13.8. The first kappa shape index (κ1) is 28.6. The Kier molecular flexibility index (Phi) is 8.60. The summed E-state index contributed by atoms with van der Waals surface area (Å²) < 4.78 is 39.7. The van der Waals surface area contributed by atoms with E-state index >= 15 is 0 Å². The van der Waals surface area contributed by atoms with Crippen LogP contribution in [0.1, 0.15) is 30.9 Å². The Balaban J connectivity index is 1.25. The summed E-state index contributed by atoms with van der Waals surface area (Å²) in [6.07, 6.45) is -0.0855. The van der Waals surface area contributed by atoms with Gasteiger partial charge in [-0.25, -0.2) is 8.42 Å². The number of sulfonamides is 1. The van der Waals surface area contributed by atoms with E-state index in [1.54, 1.807) is 41.3 Å². The van der Waals surface area contributed by atoms with Crippen LogP contribution in [-0.4, -0.2) is 56.9 Å². The lowest BCUT2D eigenvalue weighted by Gasteiger charge is -2.38. The Morgan fingerprint density at radius 2 is 1.71 bits per heavy atom. The Hall–Kier alpha value is -3.89. The number of hydrogen-bond acceptors (Lipinski definition) is 6. The largest absolute Gasteiger partial charge is 0.494 e. The van der Waals surface area contributed by atoms with E-state index in [9.17, 15) is 18.0 Å². The summed E-state index contributed by atoms with van der Waals surface area (Å²) in [4.78, 5) is 28.7. The van der Waals surface area contributed by atoms with E-state index < -0.39 is 16.1 Å². The minimum absolute atomic E-state index is 0.0838. The molecule has 1 atom stereocenters. The molecule has 216 valence electrons. The van der Waals surface area contributed by atoms with Crippen LogP contribution in [-0.2, 0) is 26.2 Å². The summed E-state index contributed by atoms with van der Waals surface area (Å²) in [6, 6.07) is 21.7. The number of fused-ring (bicyclic) bond motifs is 1. The van der Waals surface area contributed by atoms with Crippen molar-refractivity contribution >= 4 is 27.5 Å². The smallest absolute Gasteiger partial charge is 0.263 e. The quantitative estimate of drug-likeness (QED) is 0.436. The van der Waals surface area contributed by atoms with Crippen LogP contribution in [0.2, 0.25) is 0 Å². The highest BCUT2D eigenvalue weighted by atomic mass is 32.2. The van der Waals surface area contributed by atoms with E-state index in [4.69, 9.17) is 9.47 Å². The fourth-order valence-corrected chi connectivity index (χ4v) is 6.85. The maximum Gasteiger partial charge on any atom is 0.263 e. The van der Waals surface area contributed by atoms with E-state index in [0.717, 1.165) is 11.1 Å². The van der Waals surface area contributed by atoms with E-state index in [2.05, 4.69) is 5.32 Å². The lowest BCUT2D eigenvalue weighted by molar-refractivity contribution is -0.129. The fourth-order valence-electron chi connectivity index (χ4n) is 5.29. The van der Waals surface area contributed by atoms with E-state index in [1.165, 1.54) is 4.31 Å². The monoisotopic (exact) mass is 577 g/mol. The highest BCUT2D eigenvalue weighted by Crippen LogP contribution is 2.36. The second-order valence-electron chi connectivity index (χ2n) is 10.3. The normalized spacial score (nSPS) is 17.8. The zero-order valence-electron chi connectivity index (χ0n) is 23.3. The number of benzene rings is 3. The number of piperidine rings is 1. The predicted molar refractivity (Wildman–Crippen MR) is 155 cm³/mol. The third kappa shape index (κ3) is 6.23. The SMILES string of the molecule is CCOc1ccc(S(=O)(=O)N2CCC(C(=O)N3CC(C(=O)NCc4ccccc4)Oc4ccccc43)CC2)cc1C. The van der Waals surface area contributed by atoms with Gasteiger partial charge in [-0.2, -0.15) is 4.31 Å². The average Bonchev–Trinajstić information content (AvgIpc) is 3.00. The summed E-state index contributed by atoms with van der Waals surface area (Å²) in [5.41, 5.74) is 2.34. The number of ether oxygens (including phenoxy) is 2. The van der Waals surface area contributed by atoms with Gasteiger partial charge in [0.05, 0.1) is 23.7 Å². The molecule has 41 heavy (non-hydrogen) atoms. The van der Waals surface area contributed by atoms with Crippen LogP contribution in [0.3, 0.4) is 0 Å². The van der Waals surface area contributed by atoms with Crippen molar-refractivity contribution in [2.75, 3.05) is 31.1 Å². The van der Waals surface area contributed by atoms with Crippen molar-refractivity contribution in [3.8, 4) is 11.5 Å². The highest BCUT2D eigenvalue weighted by Gasteiger charge is 2.39. The predicted octanol–water partition coefficient (Wildman–Crippen LogP) is 3.91. The molecule has 3 aromatic rings. The number of rotatable bonds is 8. The molecule has 2 aliphatic heterocycles. The third-order valence-corrected chi connectivity index (χ3v) is 9.42. The van der Waals surface area contributed by atoms with Crippen LogP contribution in [0.4, 0.5) is 5.69 Å². The van der Waals surface area contributed by atoms with Gasteiger partial charge in [0.25, 0.3) is 5.91 Å². The number of carbonyl (C=O) groups is 2. The van der Waals surface area contributed by atoms with Crippen molar-refractivity contribution < 1.29 is 27.5 Å². The van der Waals surface area contributed by atoms with Gasteiger partial charge in [-0.3, -0.25) is 9.59 Å². The van der Waals surface area contributed by atoms with Crippen LogP contribution < -0.4 is 19.7 Å². The molecule has 3 aromatic carbocycles. The highest BCUT2D eigenvalue weighted by molar-refractivity contribution is 7.89. The van der Waals surface area contributed by atoms with E-state index in [1.807, 2.05) is 50.2 Å². The minimum Gasteiger partial charge on any atom is -0.494 e. The first-order valence-corrected chi connectivity index (χ1v) is 15.3. The Morgan fingerprint density at radius 3 is 2.41 bits per heavy atom. The first-order chi connectivity index (χ1) is 19.8. The number of anilines is 1. The number of nitrogens with one attached hydrogen (secondary N) is 1. The molecule has 5 rings (SSSR count). The molecule has 0 spiro atoms. The lowest BCUT2D eigenvalue weighted by atomic mass is 9.95. The molecule has 2 aliphatic rings. The molecule has 2 heterocycles. The van der Waals surface area contributed by atoms with Crippen LogP contribution in [0, 0.1) is 12.8 Å². The Morgan fingerprint density at radius 1 is 1.00 bits per heavy atom. The molecule has 0 aliphatic carbocycles. The average molecular weight is 578 g/mol. The molecule has 2 amide bonds. The molecule has 9 nitrogen and oxygen atoms in total. The second kappa shape index (κ2) is 12.3. The van der Waals surface area contributed by atoms with Crippen molar-refractivity contribution in [2.45, 2.75) is 44.2 Å². The molecular formula is C31H35N3O6S. The van der Waals surface area contributed by atoms with Gasteiger partial charge in [-0.1, -0.05) is 42.5 Å². The van der Waals surface area contributed by atoms with Gasteiger partial charge in [0.1, 0.15) is 11.5 Å². The summed E-state index contributed by atoms with van der Waals surface area (Å²) >= 11 is 0. The van der Waals surface area contributed by atoms with Gasteiger partial charge in [0.15, 0.2) is 6.10 Å². The summed E-state index contributed by atoms with van der Waals surface area (Å²) in [5.74, 6) is 0.331. The minimum atomic E-state index is -3.71. The van der Waals surface area contributed by atoms with Gasteiger partial charge < -0.3 is 19.7 Å². The molecule has 0 radical (unpaired) electrons. The number of nitrogens with zero attached hydrogens (tertiary/aromatic N) is 2. The van der Waals surface area contributed by atoms with Crippen LogP contribution >= 0.6 is 0 Å². The van der Waals surface area contributed by atoms with Gasteiger partial charge in [-0.15, -0.1) is 0 Å². The van der Waals surface area contributed by atoms with Gasteiger partial charge in [0, 0.05) is 25.6 Å². The molecule has 0 bridgehead atoms. The van der Waals surface area contributed by atoms with Crippen molar-refractivity contribution in [2.24, 2.45) is 5.92 Å². The molecule has 1 saturated heterocycles. The zero-order valence-corrected chi connectivity index (χ0v) is 24.1. The standard InChI is InChI=1S/C31H35N3O6S/c1-3-39-27-14-13-25(19-22(27)2)41(37,38)33-17-15-24(16-18-33)31(36)34-21-29(40-28-12-8-7-11-26(28)34)30(35)32-20-23-9-5-4-6-10-23/h4-14,19,24,29H,3,15-18,20-21H2,1-2H3,(H,32,35). The number of amides is 2. The lowest BCUT2D eigenvalue weighted by Crippen LogP contribution is -2.53. The number of hydrogen-bond donors (Lipinski definition) is 1. The fraction of sp³-hybridized carbons (Fsp3) is 0.355. The molecular weight excluding hydrogens is 542 g/mol. The molecule has 10 heteroatoms. The first-order valence-electron chi connectivity index (χ1n) is 13.9. The summed E-state index contributed by atoms with van der Waals surface area (Å²) in [6.45, 7) is 5.11. The number of para-hydroxylation sites is 2. The van der Waals surface area contributed by atoms with Crippen LogP contribution in [0.15, 0.2) is 77.7 Å². The third-order valence-electron chi connectivity index (χ3n) is 7.53. The molecule has 1 unspecified atom stereocenters. The van der Waals surface area contributed by atoms with E-state index in [0.29, 0.717) is 43.2 Å². The molecule has 1 N–H and O–H groups in total. The van der Waals surface area contributed by atoms with Gasteiger partial charge in [0.2, 0.25) is 15.9 Å². The van der Waals surface area contributed by atoms with E-state index in [-0.39, 0.29) is 42.3 Å². The van der Waals surface area contributed by atoms with Crippen LogP contribution in [0.5, 0.6) is 11.5 Å². The van der Waals surface area contributed by atoms with Gasteiger partial charge in [-0.05, 0) is 68.1 Å². The molecule has 0 saturated carbocycles. The van der Waals surface area contributed by atoms with Crippen molar-refractivity contribution in [1.29, 1.82) is 0 Å². The van der Waals surface area contributed by atoms with Crippen molar-refractivity contribution in [1.82, 2.24) is 9.62 Å². The topological polar surface area (TPSA) is 105 Å². The molecule has 0 aromatic heterocycles. The summed E-state index contributed by atoms with van der Waals surface area (Å²) in [7, 11) is -3.71. The Labute approximate surface area is 241 Å². The number of carbonyl (C=O) groups excluding carboxylic acids is 2. The van der Waals surface area contributed by atoms with Gasteiger partial charge >= 0.3 is 0 Å². The molecule has 1 fully saturated rings. The maximum atomic E-state index is 13.8. The zero-order chi connectivity index (χ0) is 29.0. The van der Waals surface area contributed by atoms with Crippen LogP contribution in [0.25, 0.3) is 0 Å². The Bertz CT molecular complexity index is 1500. The van der Waals surface area contributed by atoms with Crippen molar-refractivity contribution in [3.63, 3.8) is 0 Å². The van der Waals surface area contributed by atoms with Crippen molar-refractivity contribution in [3.05, 3.63) is 83.9 Å². The second-order valence-corrected chi connectivity index (χ2v) is 12.2. The summed E-state index contributed by atoms with van der Waals surface area (Å²) in [5, 5.41) is 2.91. The number of aryl methyl sites for hydroxylation is 1.